The number of pyridine rings is 1. The maximum atomic E-state index is 15.2. The van der Waals surface area contributed by atoms with E-state index in [1.165, 1.54) is 48.5 Å². The molecule has 35 heteroatoms. The molecule has 1 fully saturated rings. The third-order valence-corrected chi connectivity index (χ3v) is 20.9. The third kappa shape index (κ3) is 14.1. The number of H-pyrrole nitrogens is 1. The van der Waals surface area contributed by atoms with Gasteiger partial charge in [-0.15, -0.1) is 56.7 Å². The van der Waals surface area contributed by atoms with E-state index in [9.17, 15) is 39.3 Å². The van der Waals surface area contributed by atoms with Crippen LogP contribution < -0.4 is 26.6 Å². The molecule has 0 saturated carbocycles. The van der Waals surface area contributed by atoms with Gasteiger partial charge in [0.1, 0.15) is 125 Å². The van der Waals surface area contributed by atoms with Gasteiger partial charge < -0.3 is 85.1 Å². The molecule has 10 atom stereocenters. The van der Waals surface area contributed by atoms with Gasteiger partial charge in [-0.3, -0.25) is 24.0 Å². The average molecular weight is 1420 g/mol. The number of allylic oxidation sites excluding steroid dienone is 1. The lowest BCUT2D eigenvalue weighted by molar-refractivity contribution is -0.280. The van der Waals surface area contributed by atoms with E-state index in [-0.39, 0.29) is 106 Å². The molecule has 0 aliphatic carbocycles. The van der Waals surface area contributed by atoms with Crippen molar-refractivity contribution in [2.45, 2.75) is 108 Å². The number of carbonyl (C=O) groups excluding carboxylic acids is 7. The number of fused-ring (bicyclic) bond motifs is 15. The largest absolute Gasteiger partial charge is 0.506 e. The minimum atomic E-state index is -1.84. The molecule has 510 valence electrons. The molecule has 8 aromatic rings. The van der Waals surface area contributed by atoms with Gasteiger partial charge in [0.25, 0.3) is 23.6 Å². The highest BCUT2D eigenvalue weighted by Crippen LogP contribution is 2.43. The van der Waals surface area contributed by atoms with Crippen LogP contribution in [0.3, 0.4) is 0 Å². The summed E-state index contributed by atoms with van der Waals surface area (Å²) < 4.78 is 37.9. The zero-order valence-corrected chi connectivity index (χ0v) is 57.5. The van der Waals surface area contributed by atoms with Crippen molar-refractivity contribution in [1.29, 1.82) is 0 Å². The molecule has 12 rings (SSSR count). The highest BCUT2D eigenvalue weighted by molar-refractivity contribution is 7.14. The van der Waals surface area contributed by atoms with E-state index in [2.05, 4.69) is 46.5 Å². The Bertz CT molecular complexity index is 4420. The number of aromatic amines is 1. The third-order valence-electron chi connectivity index (χ3n) is 16.5. The van der Waals surface area contributed by atoms with Crippen LogP contribution in [0.25, 0.3) is 49.3 Å². The minimum absolute atomic E-state index is 0.00903. The number of nitrogens with zero attached hydrogens (tertiary/aromatic N) is 8. The van der Waals surface area contributed by atoms with Crippen LogP contribution in [0.4, 0.5) is 0 Å². The molecule has 10 unspecified atom stereocenters. The molecule has 1 saturated heterocycles. The van der Waals surface area contributed by atoms with Gasteiger partial charge in [0.15, 0.2) is 12.4 Å². The molecule has 4 aliphatic heterocycles. The van der Waals surface area contributed by atoms with Crippen molar-refractivity contribution in [2.24, 2.45) is 0 Å². The van der Waals surface area contributed by atoms with Gasteiger partial charge in [0.2, 0.25) is 5.91 Å². The summed E-state index contributed by atoms with van der Waals surface area (Å²) in [6.45, 7) is 5.67. The molecule has 30 nitrogen and oxygen atoms in total. The number of hydrogen-bond acceptors (Lipinski definition) is 29. The van der Waals surface area contributed by atoms with E-state index >= 15 is 9.59 Å². The fraction of sp³-hybridized carbons (Fsp3) is 0.403. The van der Waals surface area contributed by atoms with Crippen molar-refractivity contribution in [1.82, 2.24) is 71.3 Å². The van der Waals surface area contributed by atoms with E-state index in [1.54, 1.807) is 51.5 Å². The molecule has 1 aromatic carbocycles. The van der Waals surface area contributed by atoms with Gasteiger partial charge in [-0.2, -0.15) is 0 Å². The van der Waals surface area contributed by atoms with Crippen molar-refractivity contribution < 1.29 is 77.3 Å². The first kappa shape index (κ1) is 68.4. The highest BCUT2D eigenvalue weighted by Gasteiger charge is 2.50. The number of benzene rings is 1. The summed E-state index contributed by atoms with van der Waals surface area (Å²) in [6.07, 6.45) is -7.21. The van der Waals surface area contributed by atoms with Crippen molar-refractivity contribution in [2.75, 3.05) is 55.0 Å². The van der Waals surface area contributed by atoms with Crippen molar-refractivity contribution in [3.05, 3.63) is 112 Å². The van der Waals surface area contributed by atoms with E-state index < -0.39 is 121 Å². The predicted octanol–water partition coefficient (Wildman–Crippen LogP) is 4.74. The lowest BCUT2D eigenvalue weighted by Crippen LogP contribution is -2.62. The van der Waals surface area contributed by atoms with Crippen LogP contribution in [0.1, 0.15) is 125 Å². The van der Waals surface area contributed by atoms with Crippen LogP contribution >= 0.6 is 56.7 Å². The number of rotatable bonds is 10. The number of aliphatic hydroxyl groups excluding tert-OH is 1. The molecule has 5 amide bonds. The topological polar surface area (TPSA) is 395 Å². The van der Waals surface area contributed by atoms with Crippen molar-refractivity contribution in [3.8, 4) is 38.4 Å². The molecule has 4 aliphatic rings. The van der Waals surface area contributed by atoms with E-state index in [0.29, 0.717) is 29.6 Å². The Morgan fingerprint density at radius 1 is 0.825 bits per heavy atom. The van der Waals surface area contributed by atoms with E-state index in [1.807, 2.05) is 23.9 Å². The molecular formula is C62H66N14O16S5. The first-order valence-electron chi connectivity index (χ1n) is 30.2. The van der Waals surface area contributed by atoms with Crippen LogP contribution in [-0.2, 0) is 51.2 Å². The number of nitrogens with one attached hydrogen (secondary N) is 6. The number of ether oxygens (including phenoxy) is 6. The number of methoxy groups -OCH3 is 1. The maximum Gasteiger partial charge on any atom is 0.355 e. The zero-order chi connectivity index (χ0) is 68.9. The van der Waals surface area contributed by atoms with Gasteiger partial charge in [-0.25, -0.2) is 39.5 Å². The number of esters is 2. The number of likely N-dealkylation sites (N-methyl/N-ethyl adjacent to an activating group) is 2. The fourth-order valence-electron chi connectivity index (χ4n) is 11.8. The predicted molar refractivity (Wildman–Crippen MR) is 354 cm³/mol. The molecule has 0 radical (unpaired) electrons. The standard InChI is InChI=1S/C62H66N14O16S5/c1-25(77)41-54(83)73-42(26(2)87-9)57-69-37(24-95-57)53(82)74-46-47-48(92-39-16-62(4,86)49(76(7)8)27(3)91-39)61(85)89-17-28-11-10-12-31-40(28)30(18-88-47)44(64-31)60(84)90-19-32(65-51(80)35-23-97-59(46)70-35)56-66-33(20-94-56)43-29(55-67-36(22-93-55)52(81)72-41)15-38(78)45(71-43)58-68-34(21-96-58)50(79)63-13-14-75(5)6/h10-12,15,20-25,27,32,39,41,46-49,64,77-78,86H,13-14,16-19H2,1-9H3,(H,63,79)(H,65,80)(H,72,81)(H,73,83)(H,74,82)/b42-26+. The van der Waals surface area contributed by atoms with Crippen LogP contribution in [0.5, 0.6) is 5.75 Å². The Morgan fingerprint density at radius 2 is 1.51 bits per heavy atom. The SMILES string of the molecule is CO/C(C)=C1/NC(=O)C(C(C)O)NC(=O)c2csc(n2)-c2cc(O)c(-c3nc(C(=O)NCCN(C)C)cs3)nc2-c2csc(n2)C2COC(=O)c3[nH]c4cccc5c4c3COC(C(OC3CC(C)(O)C(N(C)C)C(C)O3)C(=O)OC5)C(NC(=O)c3csc1n3)c1nc(cs1)C(=O)N2. The molecular weight excluding hydrogens is 1360 g/mol. The number of aromatic nitrogens is 7. The van der Waals surface area contributed by atoms with Crippen molar-refractivity contribution >= 4 is 115 Å². The Hall–Kier alpha value is -8.59. The summed E-state index contributed by atoms with van der Waals surface area (Å²) >= 11 is 4.86. The van der Waals surface area contributed by atoms with Gasteiger partial charge in [-0.1, -0.05) is 12.1 Å². The number of cyclic esters (lactones) is 2. The maximum absolute atomic E-state index is 15.2. The van der Waals surface area contributed by atoms with Gasteiger partial charge in [-0.05, 0) is 73.6 Å². The van der Waals surface area contributed by atoms with Crippen LogP contribution in [0.2, 0.25) is 0 Å². The molecule has 12 bridgehead atoms. The first-order chi connectivity index (χ1) is 46.3. The lowest BCUT2D eigenvalue weighted by Gasteiger charge is -2.48. The highest BCUT2D eigenvalue weighted by atomic mass is 32.1. The second-order valence-electron chi connectivity index (χ2n) is 24.0. The molecule has 7 aromatic heterocycles. The summed E-state index contributed by atoms with van der Waals surface area (Å²) in [4.78, 5) is 138. The monoisotopic (exact) mass is 1420 g/mol. The van der Waals surface area contributed by atoms with Crippen molar-refractivity contribution in [3.63, 3.8) is 0 Å². The summed E-state index contributed by atoms with van der Waals surface area (Å²) in [5.74, 6) is -6.21. The Balaban J connectivity index is 1.03. The van der Waals surface area contributed by atoms with E-state index in [4.69, 9.17) is 43.4 Å². The number of carbonyl (C=O) groups is 7. The zero-order valence-electron chi connectivity index (χ0n) is 53.4. The number of thiazole rings is 5. The van der Waals surface area contributed by atoms with Crippen LogP contribution in [0.15, 0.2) is 56.9 Å². The summed E-state index contributed by atoms with van der Waals surface area (Å²) in [5.41, 5.74) is -0.781. The Morgan fingerprint density at radius 3 is 2.24 bits per heavy atom. The van der Waals surface area contributed by atoms with Gasteiger partial charge in [0, 0.05) is 68.4 Å². The molecule has 9 N–H and O–H groups in total. The van der Waals surface area contributed by atoms with Crippen LogP contribution in [0, 0.1) is 0 Å². The van der Waals surface area contributed by atoms with Gasteiger partial charge >= 0.3 is 11.9 Å². The smallest absolute Gasteiger partial charge is 0.355 e. The fourth-order valence-corrected chi connectivity index (χ4v) is 16.0. The Kier molecular flexibility index (Phi) is 19.8. The van der Waals surface area contributed by atoms with Crippen LogP contribution in [-0.4, -0.2) is 205 Å². The van der Waals surface area contributed by atoms with Gasteiger partial charge in [0.05, 0.1) is 37.6 Å². The molecule has 0 spiro atoms. The summed E-state index contributed by atoms with van der Waals surface area (Å²) in [6, 6.07) is 1.46. The number of hydrogen-bond donors (Lipinski definition) is 9. The number of aliphatic hydroxyl groups is 2. The quantitative estimate of drug-likeness (QED) is 0.0659. The minimum Gasteiger partial charge on any atom is -0.506 e. The molecule has 11 heterocycles. The number of aromatic hydroxyl groups is 1. The second kappa shape index (κ2) is 28.1. The second-order valence-corrected chi connectivity index (χ2v) is 28.3. The average Bonchev–Trinajstić information content (AvgIpc) is 1.70. The summed E-state index contributed by atoms with van der Waals surface area (Å²) in [5, 5.41) is 57.2. The Labute approximate surface area is 572 Å². The summed E-state index contributed by atoms with van der Waals surface area (Å²) in [7, 11) is 8.64. The lowest BCUT2D eigenvalue weighted by atomic mass is 9.85. The number of amides is 5. The first-order valence-corrected chi connectivity index (χ1v) is 34.6. The van der Waals surface area contributed by atoms with E-state index in [0.717, 1.165) is 56.7 Å². The molecule has 97 heavy (non-hydrogen) atoms. The normalized spacial score (nSPS) is 24.3.